The standard InChI is InChI=1S/C18H19NO4S/c20-17(18(5-7-21-8-6-18)16-2-1-9-24-16)19-11-13-3-4-14-15(10-13)23-12-22-14/h1-4,9-10H,5-8,11-12H2,(H,19,20). The molecule has 0 saturated carbocycles. The summed E-state index contributed by atoms with van der Waals surface area (Å²) in [5.41, 5.74) is 0.531. The first kappa shape index (κ1) is 15.5. The second kappa shape index (κ2) is 6.45. The maximum atomic E-state index is 13.0. The molecule has 0 spiro atoms. The van der Waals surface area contributed by atoms with Crippen LogP contribution in [0.2, 0.25) is 0 Å². The van der Waals surface area contributed by atoms with Crippen LogP contribution < -0.4 is 14.8 Å². The van der Waals surface area contributed by atoms with Crippen molar-refractivity contribution in [3.63, 3.8) is 0 Å². The molecule has 6 heteroatoms. The quantitative estimate of drug-likeness (QED) is 0.926. The lowest BCUT2D eigenvalue weighted by Gasteiger charge is -2.35. The number of hydrogen-bond donors (Lipinski definition) is 1. The Balaban J connectivity index is 1.49. The van der Waals surface area contributed by atoms with Crippen LogP contribution in [0.25, 0.3) is 0 Å². The van der Waals surface area contributed by atoms with Gasteiger partial charge in [0.2, 0.25) is 12.7 Å². The molecule has 5 nitrogen and oxygen atoms in total. The van der Waals surface area contributed by atoms with Gasteiger partial charge in [0.1, 0.15) is 0 Å². The number of nitrogens with one attached hydrogen (secondary N) is 1. The number of ether oxygens (including phenoxy) is 3. The third kappa shape index (κ3) is 2.76. The Morgan fingerprint density at radius 3 is 2.79 bits per heavy atom. The van der Waals surface area contributed by atoms with Crippen LogP contribution in [-0.4, -0.2) is 25.9 Å². The molecule has 1 N–H and O–H groups in total. The Labute approximate surface area is 144 Å². The number of amides is 1. The minimum absolute atomic E-state index is 0.0749. The second-order valence-corrected chi connectivity index (χ2v) is 6.99. The summed E-state index contributed by atoms with van der Waals surface area (Å²) in [6.07, 6.45) is 1.45. The van der Waals surface area contributed by atoms with E-state index in [-0.39, 0.29) is 12.7 Å². The van der Waals surface area contributed by atoms with E-state index in [9.17, 15) is 4.79 Å². The Hall–Kier alpha value is -2.05. The van der Waals surface area contributed by atoms with E-state index in [2.05, 4.69) is 11.4 Å². The first-order chi connectivity index (χ1) is 11.8. The maximum Gasteiger partial charge on any atom is 0.231 e. The van der Waals surface area contributed by atoms with Crippen LogP contribution >= 0.6 is 11.3 Å². The van der Waals surface area contributed by atoms with Gasteiger partial charge in [0.15, 0.2) is 11.5 Å². The number of rotatable bonds is 4. The van der Waals surface area contributed by atoms with Crippen molar-refractivity contribution in [2.45, 2.75) is 24.8 Å². The van der Waals surface area contributed by atoms with E-state index in [0.717, 1.165) is 34.8 Å². The zero-order valence-electron chi connectivity index (χ0n) is 13.2. The molecule has 2 aliphatic rings. The van der Waals surface area contributed by atoms with Crippen LogP contribution in [0.15, 0.2) is 35.7 Å². The molecule has 4 rings (SSSR count). The van der Waals surface area contributed by atoms with E-state index in [1.54, 1.807) is 11.3 Å². The van der Waals surface area contributed by atoms with Gasteiger partial charge >= 0.3 is 0 Å². The minimum Gasteiger partial charge on any atom is -0.454 e. The highest BCUT2D eigenvalue weighted by molar-refractivity contribution is 7.10. The summed E-state index contributed by atoms with van der Waals surface area (Å²) in [5.74, 6) is 1.57. The molecular formula is C18H19NO4S. The number of hydrogen-bond acceptors (Lipinski definition) is 5. The summed E-state index contributed by atoms with van der Waals surface area (Å²) >= 11 is 1.64. The van der Waals surface area contributed by atoms with Crippen molar-refractivity contribution in [3.8, 4) is 11.5 Å². The van der Waals surface area contributed by atoms with Crippen LogP contribution in [0.1, 0.15) is 23.3 Å². The summed E-state index contributed by atoms with van der Waals surface area (Å²) < 4.78 is 16.2. The Morgan fingerprint density at radius 2 is 2.00 bits per heavy atom. The molecule has 0 radical (unpaired) electrons. The molecular weight excluding hydrogens is 326 g/mol. The molecule has 0 bridgehead atoms. The molecule has 24 heavy (non-hydrogen) atoms. The number of thiophene rings is 1. The third-order valence-electron chi connectivity index (χ3n) is 4.66. The first-order valence-corrected chi connectivity index (χ1v) is 8.94. The van der Waals surface area contributed by atoms with Crippen molar-refractivity contribution in [2.24, 2.45) is 0 Å². The average Bonchev–Trinajstić information content (AvgIpc) is 3.31. The van der Waals surface area contributed by atoms with E-state index < -0.39 is 5.41 Å². The highest BCUT2D eigenvalue weighted by atomic mass is 32.1. The van der Waals surface area contributed by atoms with Gasteiger partial charge in [0, 0.05) is 24.6 Å². The van der Waals surface area contributed by atoms with Crippen LogP contribution in [0.5, 0.6) is 11.5 Å². The average molecular weight is 345 g/mol. The lowest BCUT2D eigenvalue weighted by atomic mass is 9.78. The third-order valence-corrected chi connectivity index (χ3v) is 5.74. The molecule has 3 heterocycles. The number of benzene rings is 1. The molecule has 1 saturated heterocycles. The fourth-order valence-corrected chi connectivity index (χ4v) is 4.24. The summed E-state index contributed by atoms with van der Waals surface area (Å²) in [6.45, 7) is 1.97. The van der Waals surface area contributed by atoms with Crippen LogP contribution in [0, 0.1) is 0 Å². The normalized spacial score (nSPS) is 18.3. The molecule has 0 aliphatic carbocycles. The van der Waals surface area contributed by atoms with Crippen molar-refractivity contribution in [3.05, 3.63) is 46.2 Å². The van der Waals surface area contributed by atoms with E-state index in [1.807, 2.05) is 29.6 Å². The van der Waals surface area contributed by atoms with Crippen LogP contribution in [0.3, 0.4) is 0 Å². The van der Waals surface area contributed by atoms with Crippen molar-refractivity contribution in [2.75, 3.05) is 20.0 Å². The topological polar surface area (TPSA) is 56.8 Å². The van der Waals surface area contributed by atoms with Gasteiger partial charge in [-0.2, -0.15) is 0 Å². The smallest absolute Gasteiger partial charge is 0.231 e. The Kier molecular flexibility index (Phi) is 4.16. The van der Waals surface area contributed by atoms with Crippen LogP contribution in [-0.2, 0) is 21.5 Å². The van der Waals surface area contributed by atoms with Gasteiger partial charge in [-0.3, -0.25) is 4.79 Å². The molecule has 0 atom stereocenters. The van der Waals surface area contributed by atoms with E-state index in [1.165, 1.54) is 0 Å². The summed E-state index contributed by atoms with van der Waals surface area (Å²) in [4.78, 5) is 14.1. The molecule has 0 unspecified atom stereocenters. The highest BCUT2D eigenvalue weighted by Gasteiger charge is 2.42. The monoisotopic (exact) mass is 345 g/mol. The van der Waals surface area contributed by atoms with Crippen molar-refractivity contribution in [1.82, 2.24) is 5.32 Å². The predicted molar refractivity (Wildman–Crippen MR) is 90.5 cm³/mol. The predicted octanol–water partition coefficient (Wildman–Crippen LogP) is 2.84. The maximum absolute atomic E-state index is 13.0. The number of carbonyl (C=O) groups is 1. The zero-order chi connectivity index (χ0) is 16.4. The molecule has 2 aromatic rings. The fraction of sp³-hybridized carbons (Fsp3) is 0.389. The van der Waals surface area contributed by atoms with Crippen molar-refractivity contribution in [1.29, 1.82) is 0 Å². The second-order valence-electron chi connectivity index (χ2n) is 6.04. The van der Waals surface area contributed by atoms with Crippen LogP contribution in [0.4, 0.5) is 0 Å². The van der Waals surface area contributed by atoms with Gasteiger partial charge < -0.3 is 19.5 Å². The highest BCUT2D eigenvalue weighted by Crippen LogP contribution is 2.38. The molecule has 1 aromatic carbocycles. The van der Waals surface area contributed by atoms with E-state index >= 15 is 0 Å². The van der Waals surface area contributed by atoms with Gasteiger partial charge in [-0.1, -0.05) is 12.1 Å². The van der Waals surface area contributed by atoms with Gasteiger partial charge in [-0.25, -0.2) is 0 Å². The minimum atomic E-state index is -0.469. The molecule has 1 aromatic heterocycles. The zero-order valence-corrected chi connectivity index (χ0v) is 14.1. The van der Waals surface area contributed by atoms with Gasteiger partial charge in [0.05, 0.1) is 5.41 Å². The number of fused-ring (bicyclic) bond motifs is 1. The van der Waals surface area contributed by atoms with Crippen molar-refractivity contribution < 1.29 is 19.0 Å². The first-order valence-electron chi connectivity index (χ1n) is 8.06. The fourth-order valence-electron chi connectivity index (χ4n) is 3.26. The Bertz CT molecular complexity index is 723. The molecule has 2 aliphatic heterocycles. The molecule has 126 valence electrons. The van der Waals surface area contributed by atoms with E-state index in [0.29, 0.717) is 19.8 Å². The molecule has 1 amide bonds. The van der Waals surface area contributed by atoms with E-state index in [4.69, 9.17) is 14.2 Å². The largest absolute Gasteiger partial charge is 0.454 e. The lowest BCUT2D eigenvalue weighted by Crippen LogP contribution is -2.47. The van der Waals surface area contributed by atoms with Gasteiger partial charge in [0.25, 0.3) is 0 Å². The summed E-state index contributed by atoms with van der Waals surface area (Å²) in [6, 6.07) is 9.81. The summed E-state index contributed by atoms with van der Waals surface area (Å²) in [7, 11) is 0. The SMILES string of the molecule is O=C(NCc1ccc2c(c1)OCO2)C1(c2cccs2)CCOCC1. The number of carbonyl (C=O) groups excluding carboxylic acids is 1. The lowest BCUT2D eigenvalue weighted by molar-refractivity contribution is -0.130. The molecule has 1 fully saturated rings. The van der Waals surface area contributed by atoms with Gasteiger partial charge in [-0.15, -0.1) is 11.3 Å². The van der Waals surface area contributed by atoms with Gasteiger partial charge in [-0.05, 0) is 42.0 Å². The Morgan fingerprint density at radius 1 is 1.17 bits per heavy atom. The summed E-state index contributed by atoms with van der Waals surface area (Å²) in [5, 5.41) is 5.13. The van der Waals surface area contributed by atoms with Crippen molar-refractivity contribution >= 4 is 17.2 Å².